The highest BCUT2D eigenvalue weighted by Crippen LogP contribution is 2.31. The first kappa shape index (κ1) is 14.1. The molecule has 102 valence electrons. The summed E-state index contributed by atoms with van der Waals surface area (Å²) < 4.78 is 37.6. The lowest BCUT2D eigenvalue weighted by Gasteiger charge is -2.10. The number of nitrogens with one attached hydrogen (secondary N) is 1. The van der Waals surface area contributed by atoms with Crippen molar-refractivity contribution in [3.8, 4) is 6.07 Å². The van der Waals surface area contributed by atoms with E-state index < -0.39 is 17.6 Å². The summed E-state index contributed by atoms with van der Waals surface area (Å²) in [6.45, 7) is 0. The quantitative estimate of drug-likeness (QED) is 0.914. The highest BCUT2D eigenvalue weighted by atomic mass is 32.1. The number of hydrogen-bond donors (Lipinski definition) is 1. The van der Waals surface area contributed by atoms with Crippen molar-refractivity contribution in [1.82, 2.24) is 0 Å². The normalized spacial score (nSPS) is 10.9. The number of thiophene rings is 1. The van der Waals surface area contributed by atoms with E-state index in [2.05, 4.69) is 5.32 Å². The average Bonchev–Trinajstić information content (AvgIpc) is 2.91. The molecular formula is C13H7F3N2OS. The summed E-state index contributed by atoms with van der Waals surface area (Å²) in [5.41, 5.74) is -0.721. The maximum Gasteiger partial charge on any atom is 0.416 e. The lowest BCUT2D eigenvalue weighted by atomic mass is 10.1. The third kappa shape index (κ3) is 2.97. The third-order valence-electron chi connectivity index (χ3n) is 2.50. The van der Waals surface area contributed by atoms with Gasteiger partial charge in [0.15, 0.2) is 0 Å². The number of alkyl halides is 3. The van der Waals surface area contributed by atoms with Crippen molar-refractivity contribution in [1.29, 1.82) is 5.26 Å². The maximum atomic E-state index is 12.5. The minimum Gasteiger partial charge on any atom is -0.321 e. The van der Waals surface area contributed by atoms with Crippen LogP contribution in [0.15, 0.2) is 35.0 Å². The van der Waals surface area contributed by atoms with Gasteiger partial charge < -0.3 is 5.32 Å². The molecule has 0 saturated carbocycles. The summed E-state index contributed by atoms with van der Waals surface area (Å²) in [4.78, 5) is 11.8. The maximum absolute atomic E-state index is 12.5. The van der Waals surface area contributed by atoms with Gasteiger partial charge in [-0.1, -0.05) is 0 Å². The van der Waals surface area contributed by atoms with E-state index in [-0.39, 0.29) is 11.3 Å². The topological polar surface area (TPSA) is 52.9 Å². The zero-order valence-electron chi connectivity index (χ0n) is 9.86. The first-order chi connectivity index (χ1) is 9.41. The molecule has 1 amide bonds. The van der Waals surface area contributed by atoms with Crippen LogP contribution in [0.3, 0.4) is 0 Å². The molecule has 2 rings (SSSR count). The van der Waals surface area contributed by atoms with Crippen molar-refractivity contribution < 1.29 is 18.0 Å². The number of halogens is 3. The molecule has 1 aromatic heterocycles. The molecule has 0 atom stereocenters. The Labute approximate surface area is 116 Å². The molecule has 2 aromatic rings. The minimum atomic E-state index is -4.53. The van der Waals surface area contributed by atoms with Crippen LogP contribution in [-0.2, 0) is 6.18 Å². The lowest BCUT2D eigenvalue weighted by Crippen LogP contribution is -2.13. The zero-order chi connectivity index (χ0) is 14.8. The van der Waals surface area contributed by atoms with Crippen molar-refractivity contribution in [2.45, 2.75) is 6.18 Å². The van der Waals surface area contributed by atoms with Crippen LogP contribution >= 0.6 is 11.3 Å². The molecule has 1 N–H and O–H groups in total. The third-order valence-corrected chi connectivity index (χ3v) is 3.18. The van der Waals surface area contributed by atoms with Crippen LogP contribution < -0.4 is 5.32 Å². The molecule has 1 aromatic carbocycles. The molecule has 20 heavy (non-hydrogen) atoms. The number of hydrogen-bond acceptors (Lipinski definition) is 3. The molecule has 1 heterocycles. The van der Waals surface area contributed by atoms with Gasteiger partial charge in [0.05, 0.1) is 22.4 Å². The molecule has 0 spiro atoms. The fourth-order valence-corrected chi connectivity index (χ4v) is 2.15. The van der Waals surface area contributed by atoms with Crippen molar-refractivity contribution in [3.05, 3.63) is 51.7 Å². The molecule has 0 saturated heterocycles. The van der Waals surface area contributed by atoms with Gasteiger partial charge in [0, 0.05) is 5.38 Å². The predicted molar refractivity (Wildman–Crippen MR) is 68.4 cm³/mol. The van der Waals surface area contributed by atoms with Crippen molar-refractivity contribution in [3.63, 3.8) is 0 Å². The van der Waals surface area contributed by atoms with Crippen LogP contribution in [-0.4, -0.2) is 5.91 Å². The molecule has 0 bridgehead atoms. The molecule has 0 aliphatic rings. The number of anilines is 1. The smallest absolute Gasteiger partial charge is 0.321 e. The molecule has 0 radical (unpaired) electrons. The summed E-state index contributed by atoms with van der Waals surface area (Å²) >= 11 is 1.32. The molecular weight excluding hydrogens is 289 g/mol. The second-order valence-corrected chi connectivity index (χ2v) is 4.62. The van der Waals surface area contributed by atoms with Crippen LogP contribution in [0.1, 0.15) is 21.5 Å². The van der Waals surface area contributed by atoms with E-state index >= 15 is 0 Å². The Balaban J connectivity index is 2.29. The molecule has 0 unspecified atom stereocenters. The van der Waals surface area contributed by atoms with Gasteiger partial charge in [-0.15, -0.1) is 0 Å². The Morgan fingerprint density at radius 1 is 1.30 bits per heavy atom. The SMILES string of the molecule is N#Cc1cc(C(F)(F)F)ccc1NC(=O)c1ccsc1. The van der Waals surface area contributed by atoms with E-state index in [0.29, 0.717) is 11.6 Å². The fraction of sp³-hybridized carbons (Fsp3) is 0.0769. The molecule has 7 heteroatoms. The Morgan fingerprint density at radius 3 is 2.60 bits per heavy atom. The van der Waals surface area contributed by atoms with E-state index in [4.69, 9.17) is 5.26 Å². The lowest BCUT2D eigenvalue weighted by molar-refractivity contribution is -0.137. The monoisotopic (exact) mass is 296 g/mol. The van der Waals surface area contributed by atoms with Gasteiger partial charge in [-0.25, -0.2) is 0 Å². The first-order valence-electron chi connectivity index (χ1n) is 5.36. The number of nitriles is 1. The van der Waals surface area contributed by atoms with Crippen LogP contribution in [0.2, 0.25) is 0 Å². The summed E-state index contributed by atoms with van der Waals surface area (Å²) in [7, 11) is 0. The average molecular weight is 296 g/mol. The predicted octanol–water partition coefficient (Wildman–Crippen LogP) is 3.89. The highest BCUT2D eigenvalue weighted by molar-refractivity contribution is 7.08. The van der Waals surface area contributed by atoms with E-state index in [1.165, 1.54) is 11.3 Å². The van der Waals surface area contributed by atoms with Gasteiger partial charge in [0.1, 0.15) is 6.07 Å². The van der Waals surface area contributed by atoms with Crippen LogP contribution in [0.4, 0.5) is 18.9 Å². The summed E-state index contributed by atoms with van der Waals surface area (Å²) in [5, 5.41) is 14.6. The van der Waals surface area contributed by atoms with Crippen molar-refractivity contribution in [2.75, 3.05) is 5.32 Å². The van der Waals surface area contributed by atoms with E-state index in [1.807, 2.05) is 0 Å². The second-order valence-electron chi connectivity index (χ2n) is 3.84. The van der Waals surface area contributed by atoms with E-state index in [0.717, 1.165) is 12.1 Å². The molecule has 3 nitrogen and oxygen atoms in total. The highest BCUT2D eigenvalue weighted by Gasteiger charge is 2.31. The van der Waals surface area contributed by atoms with Crippen LogP contribution in [0.5, 0.6) is 0 Å². The van der Waals surface area contributed by atoms with Crippen LogP contribution in [0.25, 0.3) is 0 Å². The van der Waals surface area contributed by atoms with E-state index in [9.17, 15) is 18.0 Å². The number of amides is 1. The summed E-state index contributed by atoms with van der Waals surface area (Å²) in [6.07, 6.45) is -4.53. The van der Waals surface area contributed by atoms with E-state index in [1.54, 1.807) is 22.9 Å². The molecule has 0 fully saturated rings. The zero-order valence-corrected chi connectivity index (χ0v) is 10.7. The first-order valence-corrected chi connectivity index (χ1v) is 6.31. The standard InChI is InChI=1S/C13H7F3N2OS/c14-13(15,16)10-1-2-11(9(5-10)6-17)18-12(19)8-3-4-20-7-8/h1-5,7H,(H,18,19). The van der Waals surface area contributed by atoms with Gasteiger partial charge in [-0.3, -0.25) is 4.79 Å². The van der Waals surface area contributed by atoms with Crippen molar-refractivity contribution in [2.24, 2.45) is 0 Å². The Morgan fingerprint density at radius 2 is 2.05 bits per heavy atom. The Kier molecular flexibility index (Phi) is 3.77. The molecule has 0 aliphatic heterocycles. The summed E-state index contributed by atoms with van der Waals surface area (Å²) in [6, 6.07) is 5.84. The Bertz CT molecular complexity index is 672. The van der Waals surface area contributed by atoms with Gasteiger partial charge in [-0.2, -0.15) is 29.8 Å². The Hall–Kier alpha value is -2.33. The number of rotatable bonds is 2. The molecule has 0 aliphatic carbocycles. The van der Waals surface area contributed by atoms with Crippen LogP contribution in [0, 0.1) is 11.3 Å². The van der Waals surface area contributed by atoms with Gasteiger partial charge in [0.2, 0.25) is 0 Å². The largest absolute Gasteiger partial charge is 0.416 e. The number of nitrogens with zero attached hydrogens (tertiary/aromatic N) is 1. The number of carbonyl (C=O) groups is 1. The summed E-state index contributed by atoms with van der Waals surface area (Å²) in [5.74, 6) is -0.470. The minimum absolute atomic E-state index is 0.0525. The number of benzene rings is 1. The van der Waals surface area contributed by atoms with Gasteiger partial charge in [-0.05, 0) is 29.6 Å². The van der Waals surface area contributed by atoms with Gasteiger partial charge >= 0.3 is 6.18 Å². The number of carbonyl (C=O) groups excluding carboxylic acids is 1. The fourth-order valence-electron chi connectivity index (χ4n) is 1.51. The van der Waals surface area contributed by atoms with Gasteiger partial charge in [0.25, 0.3) is 5.91 Å². The second kappa shape index (κ2) is 5.35. The van der Waals surface area contributed by atoms with Crippen molar-refractivity contribution >= 4 is 22.9 Å².